The topological polar surface area (TPSA) is 74.0 Å². The van der Waals surface area contributed by atoms with Crippen molar-refractivity contribution in [2.75, 3.05) is 0 Å². The smallest absolute Gasteiger partial charge is 0.272 e. The summed E-state index contributed by atoms with van der Waals surface area (Å²) < 4.78 is 9.77. The van der Waals surface area contributed by atoms with E-state index in [1.165, 1.54) is 0 Å². The molecule has 7 nitrogen and oxygen atoms in total. The lowest BCUT2D eigenvalue weighted by Crippen LogP contribution is -2.24. The molecule has 0 aliphatic rings. The Kier molecular flexibility index (Phi) is 5.95. The van der Waals surface area contributed by atoms with Crippen LogP contribution in [-0.2, 0) is 19.8 Å². The lowest BCUT2D eigenvalue weighted by atomic mass is 10.3. The first kappa shape index (κ1) is 18.5. The fourth-order valence-corrected chi connectivity index (χ4v) is 3.02. The monoisotopic (exact) mass is 437 g/mol. The average molecular weight is 439 g/mol. The van der Waals surface area contributed by atoms with Gasteiger partial charge >= 0.3 is 0 Å². The Bertz CT molecular complexity index is 908. The van der Waals surface area contributed by atoms with Crippen LogP contribution in [0.5, 0.6) is 5.75 Å². The zero-order valence-electron chi connectivity index (χ0n) is 14.0. The molecular weight excluding hydrogens is 422 g/mol. The van der Waals surface area contributed by atoms with E-state index < -0.39 is 0 Å². The molecule has 2 aromatic heterocycles. The number of aryl methyl sites for hydroxylation is 1. The third kappa shape index (κ3) is 4.64. The van der Waals surface area contributed by atoms with Gasteiger partial charge in [0.2, 0.25) is 0 Å². The van der Waals surface area contributed by atoms with Gasteiger partial charge in [0.25, 0.3) is 5.91 Å². The molecule has 0 atom stereocenters. The molecule has 1 N–H and O–H groups in total. The summed E-state index contributed by atoms with van der Waals surface area (Å²) in [6.45, 7) is 3.33. The van der Waals surface area contributed by atoms with Crippen LogP contribution in [0.2, 0.25) is 5.02 Å². The third-order valence-electron chi connectivity index (χ3n) is 3.57. The van der Waals surface area contributed by atoms with Crippen molar-refractivity contribution in [1.29, 1.82) is 0 Å². The fraction of sp³-hybridized carbons (Fsp3) is 0.235. The molecule has 1 aromatic carbocycles. The number of aromatic nitrogens is 4. The number of rotatable bonds is 7. The van der Waals surface area contributed by atoms with Gasteiger partial charge in [-0.1, -0.05) is 11.6 Å². The van der Waals surface area contributed by atoms with Crippen molar-refractivity contribution in [1.82, 2.24) is 24.9 Å². The minimum atomic E-state index is -0.262. The lowest BCUT2D eigenvalue weighted by molar-refractivity contribution is 0.0943. The summed E-state index contributed by atoms with van der Waals surface area (Å²) >= 11 is 9.29. The molecule has 9 heteroatoms. The molecule has 0 aliphatic heterocycles. The first-order valence-corrected chi connectivity index (χ1v) is 9.14. The number of halogens is 2. The van der Waals surface area contributed by atoms with Gasteiger partial charge in [-0.05, 0) is 53.2 Å². The predicted octanol–water partition coefficient (Wildman–Crippen LogP) is 3.48. The second kappa shape index (κ2) is 8.37. The summed E-state index contributed by atoms with van der Waals surface area (Å²) in [6.07, 6.45) is 3.56. The molecule has 0 fully saturated rings. The Morgan fingerprint density at radius 3 is 2.77 bits per heavy atom. The first-order valence-electron chi connectivity index (χ1n) is 7.97. The average Bonchev–Trinajstić information content (AvgIpc) is 3.28. The largest absolute Gasteiger partial charge is 0.470 e. The molecule has 0 saturated carbocycles. The maximum absolute atomic E-state index is 12.2. The van der Waals surface area contributed by atoms with Crippen LogP contribution in [0.4, 0.5) is 0 Å². The number of amides is 1. The number of benzene rings is 1. The summed E-state index contributed by atoms with van der Waals surface area (Å²) in [6, 6.07) is 8.77. The van der Waals surface area contributed by atoms with Crippen LogP contribution in [0.1, 0.15) is 23.1 Å². The van der Waals surface area contributed by atoms with E-state index in [4.69, 9.17) is 16.3 Å². The number of ether oxygens (including phenoxy) is 1. The molecule has 3 rings (SSSR count). The summed E-state index contributed by atoms with van der Waals surface area (Å²) in [5.41, 5.74) is 1.12. The Labute approximate surface area is 164 Å². The normalized spacial score (nSPS) is 10.7. The molecule has 0 saturated heterocycles. The summed E-state index contributed by atoms with van der Waals surface area (Å²) in [4.78, 5) is 12.2. The van der Waals surface area contributed by atoms with E-state index in [9.17, 15) is 4.79 Å². The lowest BCUT2D eigenvalue weighted by Gasteiger charge is -2.08. The first-order chi connectivity index (χ1) is 12.5. The number of carbonyl (C=O) groups is 1. The Hall–Kier alpha value is -2.32. The molecule has 0 radical (unpaired) electrons. The molecule has 2 heterocycles. The molecule has 26 heavy (non-hydrogen) atoms. The van der Waals surface area contributed by atoms with Crippen molar-refractivity contribution < 1.29 is 9.53 Å². The third-order valence-corrected chi connectivity index (χ3v) is 4.42. The highest BCUT2D eigenvalue weighted by Crippen LogP contribution is 2.28. The zero-order chi connectivity index (χ0) is 18.5. The van der Waals surface area contributed by atoms with Crippen molar-refractivity contribution in [2.45, 2.75) is 26.7 Å². The van der Waals surface area contributed by atoms with Gasteiger partial charge in [0, 0.05) is 24.0 Å². The molecular formula is C17H17BrClN5O2. The molecule has 0 bridgehead atoms. The number of hydrogen-bond acceptors (Lipinski definition) is 4. The highest BCUT2D eigenvalue weighted by Gasteiger charge is 2.10. The summed E-state index contributed by atoms with van der Waals surface area (Å²) in [7, 11) is 0. The van der Waals surface area contributed by atoms with Crippen LogP contribution in [0.3, 0.4) is 0 Å². The van der Waals surface area contributed by atoms with E-state index in [2.05, 4.69) is 31.4 Å². The van der Waals surface area contributed by atoms with Gasteiger partial charge in [0.15, 0.2) is 6.73 Å². The van der Waals surface area contributed by atoms with Gasteiger partial charge in [-0.2, -0.15) is 10.2 Å². The minimum absolute atomic E-state index is 0.175. The van der Waals surface area contributed by atoms with E-state index in [1.807, 2.05) is 23.9 Å². The number of nitrogens with one attached hydrogen (secondary N) is 1. The maximum Gasteiger partial charge on any atom is 0.272 e. The predicted molar refractivity (Wildman–Crippen MR) is 101 cm³/mol. The summed E-state index contributed by atoms with van der Waals surface area (Å²) in [5, 5.41) is 12.0. The van der Waals surface area contributed by atoms with Crippen LogP contribution < -0.4 is 10.1 Å². The van der Waals surface area contributed by atoms with E-state index in [0.29, 0.717) is 23.0 Å². The van der Waals surface area contributed by atoms with Crippen LogP contribution in [0.25, 0.3) is 0 Å². The Morgan fingerprint density at radius 2 is 2.04 bits per heavy atom. The van der Waals surface area contributed by atoms with Crippen LogP contribution in [0.15, 0.2) is 47.2 Å². The molecule has 136 valence electrons. The zero-order valence-corrected chi connectivity index (χ0v) is 16.4. The molecule has 3 aromatic rings. The molecule has 0 unspecified atom stereocenters. The van der Waals surface area contributed by atoms with Crippen molar-refractivity contribution >= 4 is 33.4 Å². The van der Waals surface area contributed by atoms with Gasteiger partial charge in [-0.25, -0.2) is 4.68 Å². The van der Waals surface area contributed by atoms with Gasteiger partial charge in [-0.15, -0.1) is 0 Å². The van der Waals surface area contributed by atoms with Crippen LogP contribution >= 0.6 is 27.5 Å². The van der Waals surface area contributed by atoms with Crippen molar-refractivity contribution in [2.24, 2.45) is 0 Å². The van der Waals surface area contributed by atoms with Gasteiger partial charge in [-0.3, -0.25) is 9.48 Å². The SMILES string of the molecule is CCn1ccc(CNC(=O)c2ccn(COc3ccc(Cl)cc3Br)n2)n1. The summed E-state index contributed by atoms with van der Waals surface area (Å²) in [5.74, 6) is 0.380. The van der Waals surface area contributed by atoms with Gasteiger partial charge in [0.05, 0.1) is 16.7 Å². The molecule has 1 amide bonds. The van der Waals surface area contributed by atoms with Gasteiger partial charge < -0.3 is 10.1 Å². The second-order valence-corrected chi connectivity index (χ2v) is 6.72. The van der Waals surface area contributed by atoms with Crippen molar-refractivity contribution in [3.05, 3.63) is 63.6 Å². The number of nitrogens with zero attached hydrogens (tertiary/aromatic N) is 4. The molecule has 0 aliphatic carbocycles. The standard InChI is InChI=1S/C17H17BrClN5O2/c1-2-23-7-5-13(21-23)10-20-17(25)15-6-8-24(22-15)11-26-16-4-3-12(19)9-14(16)18/h3-9H,2,10-11H2,1H3,(H,20,25). The Morgan fingerprint density at radius 1 is 1.23 bits per heavy atom. The van der Waals surface area contributed by atoms with E-state index in [-0.39, 0.29) is 12.6 Å². The fourth-order valence-electron chi connectivity index (χ4n) is 2.22. The van der Waals surface area contributed by atoms with Crippen LogP contribution in [-0.4, -0.2) is 25.5 Å². The maximum atomic E-state index is 12.2. The van der Waals surface area contributed by atoms with E-state index in [1.54, 1.807) is 35.1 Å². The minimum Gasteiger partial charge on any atom is -0.470 e. The van der Waals surface area contributed by atoms with E-state index in [0.717, 1.165) is 16.7 Å². The number of hydrogen-bond donors (Lipinski definition) is 1. The Balaban J connectivity index is 1.54. The second-order valence-electron chi connectivity index (χ2n) is 5.43. The van der Waals surface area contributed by atoms with Crippen molar-refractivity contribution in [3.63, 3.8) is 0 Å². The van der Waals surface area contributed by atoms with Gasteiger partial charge in [0.1, 0.15) is 11.4 Å². The van der Waals surface area contributed by atoms with Crippen molar-refractivity contribution in [3.8, 4) is 5.75 Å². The van der Waals surface area contributed by atoms with E-state index >= 15 is 0 Å². The quantitative estimate of drug-likeness (QED) is 0.613. The number of carbonyl (C=O) groups excluding carboxylic acids is 1. The molecule has 0 spiro atoms. The van der Waals surface area contributed by atoms with Crippen LogP contribution in [0, 0.1) is 0 Å². The highest BCUT2D eigenvalue weighted by molar-refractivity contribution is 9.10. The highest BCUT2D eigenvalue weighted by atomic mass is 79.9.